The molecule has 1 heterocycles. The summed E-state index contributed by atoms with van der Waals surface area (Å²) in [6.07, 6.45) is 0.854. The standard InChI is InChI=1S/C7H14N2O3/c8-7(11)9-2-1-6(5-9)12-4-3-10/h6,10H,1-5H2,(H2,8,11). The Bertz CT molecular complexity index is 163. The Hall–Kier alpha value is -0.810. The van der Waals surface area contributed by atoms with Crippen molar-refractivity contribution < 1.29 is 14.6 Å². The van der Waals surface area contributed by atoms with Gasteiger partial charge >= 0.3 is 6.03 Å². The number of hydrogen-bond donors (Lipinski definition) is 2. The summed E-state index contributed by atoms with van der Waals surface area (Å²) in [7, 11) is 0. The van der Waals surface area contributed by atoms with Gasteiger partial charge in [-0.25, -0.2) is 4.79 Å². The number of primary amides is 1. The van der Waals surface area contributed by atoms with Crippen molar-refractivity contribution in [2.24, 2.45) is 5.73 Å². The number of aliphatic hydroxyl groups is 1. The van der Waals surface area contributed by atoms with E-state index in [2.05, 4.69) is 0 Å². The van der Waals surface area contributed by atoms with Gasteiger partial charge in [-0.15, -0.1) is 0 Å². The van der Waals surface area contributed by atoms with Crippen LogP contribution in [0.1, 0.15) is 6.42 Å². The van der Waals surface area contributed by atoms with E-state index in [1.807, 2.05) is 0 Å². The fourth-order valence-electron chi connectivity index (χ4n) is 1.28. The minimum Gasteiger partial charge on any atom is -0.394 e. The molecule has 0 aromatic carbocycles. The van der Waals surface area contributed by atoms with E-state index in [4.69, 9.17) is 15.6 Å². The lowest BCUT2D eigenvalue weighted by Crippen LogP contribution is -2.34. The zero-order valence-electron chi connectivity index (χ0n) is 6.90. The molecule has 1 aliphatic heterocycles. The molecular formula is C7H14N2O3. The molecule has 0 saturated carbocycles. The predicted molar refractivity (Wildman–Crippen MR) is 42.6 cm³/mol. The van der Waals surface area contributed by atoms with Crippen molar-refractivity contribution in [1.29, 1.82) is 0 Å². The summed E-state index contributed by atoms with van der Waals surface area (Å²) in [4.78, 5) is 12.2. The quantitative estimate of drug-likeness (QED) is 0.585. The number of aliphatic hydroxyl groups excluding tert-OH is 1. The van der Waals surface area contributed by atoms with Crippen LogP contribution < -0.4 is 5.73 Å². The number of carbonyl (C=O) groups excluding carboxylic acids is 1. The van der Waals surface area contributed by atoms with E-state index >= 15 is 0 Å². The van der Waals surface area contributed by atoms with Crippen LogP contribution in [0.25, 0.3) is 0 Å². The molecule has 3 N–H and O–H groups in total. The Morgan fingerprint density at radius 3 is 3.00 bits per heavy atom. The van der Waals surface area contributed by atoms with Gasteiger partial charge in [0.25, 0.3) is 0 Å². The van der Waals surface area contributed by atoms with Crippen LogP contribution in [0.3, 0.4) is 0 Å². The topological polar surface area (TPSA) is 75.8 Å². The smallest absolute Gasteiger partial charge is 0.314 e. The fraction of sp³-hybridized carbons (Fsp3) is 0.857. The van der Waals surface area contributed by atoms with Gasteiger partial charge in [-0.2, -0.15) is 0 Å². The van der Waals surface area contributed by atoms with Gasteiger partial charge in [0.2, 0.25) is 0 Å². The molecule has 1 saturated heterocycles. The largest absolute Gasteiger partial charge is 0.394 e. The Morgan fingerprint density at radius 1 is 1.75 bits per heavy atom. The summed E-state index contributed by atoms with van der Waals surface area (Å²) < 4.78 is 5.23. The molecule has 2 amide bonds. The number of carbonyl (C=O) groups is 1. The first kappa shape index (κ1) is 9.28. The van der Waals surface area contributed by atoms with Crippen LogP contribution in [-0.4, -0.2) is 48.4 Å². The number of amides is 2. The van der Waals surface area contributed by atoms with Crippen LogP contribution in [-0.2, 0) is 4.74 Å². The molecule has 1 unspecified atom stereocenters. The van der Waals surface area contributed by atoms with Crippen LogP contribution in [0.4, 0.5) is 4.79 Å². The lowest BCUT2D eigenvalue weighted by molar-refractivity contribution is 0.0360. The van der Waals surface area contributed by atoms with Crippen LogP contribution in [0, 0.1) is 0 Å². The number of nitrogens with two attached hydrogens (primary N) is 1. The molecule has 1 fully saturated rings. The highest BCUT2D eigenvalue weighted by Crippen LogP contribution is 2.11. The number of rotatable bonds is 3. The summed E-state index contributed by atoms with van der Waals surface area (Å²) in [6.45, 7) is 1.56. The van der Waals surface area contributed by atoms with Gasteiger partial charge in [-0.1, -0.05) is 0 Å². The molecule has 0 bridgehead atoms. The van der Waals surface area contributed by atoms with E-state index in [1.54, 1.807) is 4.90 Å². The maximum atomic E-state index is 10.7. The molecule has 12 heavy (non-hydrogen) atoms. The van der Waals surface area contributed by atoms with Gasteiger partial charge in [-0.05, 0) is 6.42 Å². The number of ether oxygens (including phenoxy) is 1. The van der Waals surface area contributed by atoms with E-state index in [0.29, 0.717) is 19.7 Å². The van der Waals surface area contributed by atoms with Gasteiger partial charge < -0.3 is 20.5 Å². The lowest BCUT2D eigenvalue weighted by atomic mass is 10.3. The molecule has 5 heteroatoms. The maximum absolute atomic E-state index is 10.7. The van der Waals surface area contributed by atoms with Crippen molar-refractivity contribution in [2.45, 2.75) is 12.5 Å². The van der Waals surface area contributed by atoms with E-state index < -0.39 is 6.03 Å². The minimum atomic E-state index is -0.398. The van der Waals surface area contributed by atoms with Gasteiger partial charge in [0.1, 0.15) is 0 Å². The Labute approximate surface area is 71.1 Å². The molecule has 1 rings (SSSR count). The van der Waals surface area contributed by atoms with Crippen LogP contribution >= 0.6 is 0 Å². The Morgan fingerprint density at radius 2 is 2.50 bits per heavy atom. The first-order valence-corrected chi connectivity index (χ1v) is 4.01. The molecule has 0 spiro atoms. The fourth-order valence-corrected chi connectivity index (χ4v) is 1.28. The highest BCUT2D eigenvalue weighted by Gasteiger charge is 2.24. The molecule has 0 aromatic rings. The first-order valence-electron chi connectivity index (χ1n) is 4.01. The zero-order valence-corrected chi connectivity index (χ0v) is 6.90. The van der Waals surface area contributed by atoms with E-state index in [-0.39, 0.29) is 12.7 Å². The normalized spacial score (nSPS) is 23.1. The Balaban J connectivity index is 2.21. The van der Waals surface area contributed by atoms with Crippen molar-refractivity contribution in [1.82, 2.24) is 4.90 Å². The van der Waals surface area contributed by atoms with Crippen molar-refractivity contribution in [3.05, 3.63) is 0 Å². The Kier molecular flexibility index (Phi) is 3.31. The van der Waals surface area contributed by atoms with E-state index in [0.717, 1.165) is 6.42 Å². The molecule has 1 atom stereocenters. The second kappa shape index (κ2) is 4.27. The molecule has 5 nitrogen and oxygen atoms in total. The molecule has 70 valence electrons. The number of hydrogen-bond acceptors (Lipinski definition) is 3. The summed E-state index contributed by atoms with van der Waals surface area (Å²) in [5.41, 5.74) is 5.07. The predicted octanol–water partition coefficient (Wildman–Crippen LogP) is -0.852. The third kappa shape index (κ3) is 2.35. The number of nitrogens with zero attached hydrogens (tertiary/aromatic N) is 1. The number of likely N-dealkylation sites (tertiary alicyclic amines) is 1. The van der Waals surface area contributed by atoms with Crippen LogP contribution in [0.5, 0.6) is 0 Å². The monoisotopic (exact) mass is 174 g/mol. The third-order valence-electron chi connectivity index (χ3n) is 1.90. The van der Waals surface area contributed by atoms with Crippen LogP contribution in [0.2, 0.25) is 0 Å². The molecule has 0 radical (unpaired) electrons. The van der Waals surface area contributed by atoms with Crippen molar-refractivity contribution in [2.75, 3.05) is 26.3 Å². The van der Waals surface area contributed by atoms with Crippen molar-refractivity contribution >= 4 is 6.03 Å². The average molecular weight is 174 g/mol. The van der Waals surface area contributed by atoms with Gasteiger partial charge in [0.05, 0.1) is 19.3 Å². The van der Waals surface area contributed by atoms with Crippen molar-refractivity contribution in [3.8, 4) is 0 Å². The summed E-state index contributed by atoms with van der Waals surface area (Å²) in [6, 6.07) is -0.398. The molecule has 0 aliphatic carbocycles. The molecule has 0 aromatic heterocycles. The van der Waals surface area contributed by atoms with Gasteiger partial charge in [0.15, 0.2) is 0 Å². The van der Waals surface area contributed by atoms with Crippen molar-refractivity contribution in [3.63, 3.8) is 0 Å². The highest BCUT2D eigenvalue weighted by atomic mass is 16.5. The van der Waals surface area contributed by atoms with Gasteiger partial charge in [0, 0.05) is 13.1 Å². The molecular weight excluding hydrogens is 160 g/mol. The average Bonchev–Trinajstić information content (AvgIpc) is 2.48. The first-order chi connectivity index (χ1) is 5.74. The van der Waals surface area contributed by atoms with E-state index in [1.165, 1.54) is 0 Å². The minimum absolute atomic E-state index is 0.0209. The third-order valence-corrected chi connectivity index (χ3v) is 1.90. The second-order valence-electron chi connectivity index (χ2n) is 2.79. The lowest BCUT2D eigenvalue weighted by Gasteiger charge is -2.13. The summed E-state index contributed by atoms with van der Waals surface area (Å²) in [5, 5.41) is 8.47. The second-order valence-corrected chi connectivity index (χ2v) is 2.79. The van der Waals surface area contributed by atoms with Crippen LogP contribution in [0.15, 0.2) is 0 Å². The van der Waals surface area contributed by atoms with E-state index in [9.17, 15) is 4.79 Å². The maximum Gasteiger partial charge on any atom is 0.314 e. The SMILES string of the molecule is NC(=O)N1CCC(OCCO)C1. The number of urea groups is 1. The highest BCUT2D eigenvalue weighted by molar-refractivity contribution is 5.72. The molecule has 1 aliphatic rings. The summed E-state index contributed by atoms with van der Waals surface area (Å²) >= 11 is 0. The zero-order chi connectivity index (χ0) is 8.97. The summed E-state index contributed by atoms with van der Waals surface area (Å²) in [5.74, 6) is 0. The van der Waals surface area contributed by atoms with Gasteiger partial charge in [-0.3, -0.25) is 0 Å².